The predicted octanol–water partition coefficient (Wildman–Crippen LogP) is 4.63. The van der Waals surface area contributed by atoms with E-state index in [9.17, 15) is 5.26 Å². The molecule has 0 spiro atoms. The Bertz CT molecular complexity index is 674. The molecule has 4 heteroatoms. The Morgan fingerprint density at radius 2 is 2.14 bits per heavy atom. The Balaban J connectivity index is 2.67. The topological polar surface area (TPSA) is 39.9 Å². The molecule has 0 aliphatic heterocycles. The number of benzene rings is 1. The molecule has 1 aromatic heterocycles. The van der Waals surface area contributed by atoms with Gasteiger partial charge in [0.05, 0.1) is 16.8 Å². The number of halogens is 1. The largest absolute Gasteiger partial charge is 0.370 e. The van der Waals surface area contributed by atoms with Gasteiger partial charge in [0.1, 0.15) is 6.07 Å². The van der Waals surface area contributed by atoms with Crippen molar-refractivity contribution in [2.24, 2.45) is 5.92 Å². The van der Waals surface area contributed by atoms with Gasteiger partial charge in [-0.05, 0) is 30.5 Å². The van der Waals surface area contributed by atoms with Gasteiger partial charge >= 0.3 is 0 Å². The molecule has 2 rings (SSSR count). The summed E-state index contributed by atoms with van der Waals surface area (Å²) >= 11 is 6.14. The molecule has 0 N–H and O–H groups in total. The molecule has 0 fully saturated rings. The molecular weight excluding hydrogens is 282 g/mol. The van der Waals surface area contributed by atoms with Crippen LogP contribution in [0.2, 0.25) is 5.02 Å². The number of fused-ring (bicyclic) bond motifs is 1. The summed E-state index contributed by atoms with van der Waals surface area (Å²) in [5, 5.41) is 11.1. The molecule has 2 aromatic rings. The molecule has 0 saturated carbocycles. The Labute approximate surface area is 131 Å². The maximum absolute atomic E-state index is 9.45. The van der Waals surface area contributed by atoms with Crippen LogP contribution in [0.4, 0.5) is 5.69 Å². The van der Waals surface area contributed by atoms with E-state index in [0.29, 0.717) is 16.5 Å². The van der Waals surface area contributed by atoms with Crippen LogP contribution in [0.15, 0.2) is 24.4 Å². The molecule has 0 bridgehead atoms. The van der Waals surface area contributed by atoms with E-state index >= 15 is 0 Å². The van der Waals surface area contributed by atoms with E-state index in [1.54, 1.807) is 6.20 Å². The van der Waals surface area contributed by atoms with Gasteiger partial charge in [-0.25, -0.2) is 0 Å². The van der Waals surface area contributed by atoms with Crippen LogP contribution < -0.4 is 4.90 Å². The smallest absolute Gasteiger partial charge is 0.103 e. The van der Waals surface area contributed by atoms with Crippen LogP contribution in [-0.2, 0) is 0 Å². The molecule has 0 amide bonds. The van der Waals surface area contributed by atoms with Crippen molar-refractivity contribution < 1.29 is 0 Å². The van der Waals surface area contributed by atoms with E-state index in [1.807, 2.05) is 18.2 Å². The number of nitrogens with zero attached hydrogens (tertiary/aromatic N) is 3. The Hall–Kier alpha value is -1.79. The van der Waals surface area contributed by atoms with Crippen LogP contribution in [-0.4, -0.2) is 18.1 Å². The minimum atomic E-state index is 0.519. The normalized spacial score (nSPS) is 10.9. The number of pyridine rings is 1. The third-order valence-corrected chi connectivity index (χ3v) is 3.55. The van der Waals surface area contributed by atoms with Crippen LogP contribution in [0.1, 0.15) is 32.8 Å². The van der Waals surface area contributed by atoms with Gasteiger partial charge in [-0.1, -0.05) is 32.4 Å². The first-order valence-corrected chi connectivity index (χ1v) is 7.68. The number of rotatable bonds is 5. The van der Waals surface area contributed by atoms with Gasteiger partial charge in [-0.15, -0.1) is 0 Å². The number of nitriles is 1. The van der Waals surface area contributed by atoms with Crippen LogP contribution >= 0.6 is 11.6 Å². The summed E-state index contributed by atoms with van der Waals surface area (Å²) in [6.07, 6.45) is 2.69. The first-order valence-electron chi connectivity index (χ1n) is 7.30. The molecule has 1 aromatic carbocycles. The van der Waals surface area contributed by atoms with E-state index in [2.05, 4.69) is 36.7 Å². The third-order valence-electron chi connectivity index (χ3n) is 3.32. The van der Waals surface area contributed by atoms with Crippen molar-refractivity contribution in [2.45, 2.75) is 27.2 Å². The fourth-order valence-corrected chi connectivity index (χ4v) is 2.75. The average Bonchev–Trinajstić information content (AvgIpc) is 2.45. The molecular formula is C17H20ClN3. The van der Waals surface area contributed by atoms with Crippen LogP contribution in [0.3, 0.4) is 0 Å². The van der Waals surface area contributed by atoms with Crippen molar-refractivity contribution in [3.8, 4) is 6.07 Å². The van der Waals surface area contributed by atoms with E-state index in [4.69, 9.17) is 11.6 Å². The summed E-state index contributed by atoms with van der Waals surface area (Å²) in [6, 6.07) is 7.92. The second-order valence-corrected chi connectivity index (χ2v) is 6.07. The van der Waals surface area contributed by atoms with Crippen LogP contribution in [0.25, 0.3) is 10.9 Å². The monoisotopic (exact) mass is 301 g/mol. The highest BCUT2D eigenvalue weighted by Gasteiger charge is 2.16. The van der Waals surface area contributed by atoms with Crippen molar-refractivity contribution in [3.05, 3.63) is 35.0 Å². The second-order valence-electron chi connectivity index (χ2n) is 5.63. The number of hydrogen-bond donors (Lipinski definition) is 0. The zero-order valence-electron chi connectivity index (χ0n) is 12.7. The summed E-state index contributed by atoms with van der Waals surface area (Å²) in [5.41, 5.74) is 2.44. The van der Waals surface area contributed by atoms with Gasteiger partial charge in [-0.3, -0.25) is 4.98 Å². The lowest BCUT2D eigenvalue weighted by Gasteiger charge is -2.28. The molecule has 1 heterocycles. The highest BCUT2D eigenvalue weighted by molar-refractivity contribution is 6.31. The highest BCUT2D eigenvalue weighted by Crippen LogP contribution is 2.31. The minimum Gasteiger partial charge on any atom is -0.370 e. The van der Waals surface area contributed by atoms with Crippen molar-refractivity contribution in [2.75, 3.05) is 18.0 Å². The Morgan fingerprint density at radius 1 is 1.38 bits per heavy atom. The molecule has 0 aliphatic rings. The summed E-state index contributed by atoms with van der Waals surface area (Å²) < 4.78 is 0. The lowest BCUT2D eigenvalue weighted by molar-refractivity contribution is 0.607. The van der Waals surface area contributed by atoms with Crippen molar-refractivity contribution in [1.29, 1.82) is 5.26 Å². The zero-order valence-corrected chi connectivity index (χ0v) is 13.5. The summed E-state index contributed by atoms with van der Waals surface area (Å²) in [7, 11) is 0. The SMILES string of the molecule is CCCN(CC(C)C)c1c(C#N)cnc2ccc(Cl)cc12. The fourth-order valence-electron chi connectivity index (χ4n) is 2.58. The molecule has 0 saturated heterocycles. The van der Waals surface area contributed by atoms with Crippen LogP contribution in [0.5, 0.6) is 0 Å². The molecule has 0 atom stereocenters. The summed E-state index contributed by atoms with van der Waals surface area (Å²) in [5.74, 6) is 0.519. The predicted molar refractivity (Wildman–Crippen MR) is 88.8 cm³/mol. The first kappa shape index (κ1) is 15.6. The molecule has 110 valence electrons. The number of aromatic nitrogens is 1. The molecule has 0 radical (unpaired) electrons. The molecule has 3 nitrogen and oxygen atoms in total. The molecule has 21 heavy (non-hydrogen) atoms. The van der Waals surface area contributed by atoms with Crippen molar-refractivity contribution >= 4 is 28.2 Å². The highest BCUT2D eigenvalue weighted by atomic mass is 35.5. The quantitative estimate of drug-likeness (QED) is 0.808. The standard InChI is InChI=1S/C17H20ClN3/c1-4-7-21(11-12(2)3)17-13(9-19)10-20-16-6-5-14(18)8-15(16)17/h5-6,8,10,12H,4,7,11H2,1-3H3. The zero-order chi connectivity index (χ0) is 15.4. The first-order chi connectivity index (χ1) is 10.1. The molecule has 0 aliphatic carbocycles. The van der Waals surface area contributed by atoms with Gasteiger partial charge in [0.15, 0.2) is 0 Å². The van der Waals surface area contributed by atoms with Crippen molar-refractivity contribution in [1.82, 2.24) is 4.98 Å². The summed E-state index contributed by atoms with van der Waals surface area (Å²) in [6.45, 7) is 8.35. The Morgan fingerprint density at radius 3 is 2.76 bits per heavy atom. The van der Waals surface area contributed by atoms with Gasteiger partial charge < -0.3 is 4.90 Å². The van der Waals surface area contributed by atoms with Gasteiger partial charge in [0.25, 0.3) is 0 Å². The molecule has 0 unspecified atom stereocenters. The number of hydrogen-bond acceptors (Lipinski definition) is 3. The van der Waals surface area contributed by atoms with Gasteiger partial charge in [-0.2, -0.15) is 5.26 Å². The van der Waals surface area contributed by atoms with Gasteiger partial charge in [0.2, 0.25) is 0 Å². The lowest BCUT2D eigenvalue weighted by atomic mass is 10.1. The van der Waals surface area contributed by atoms with E-state index in [1.165, 1.54) is 0 Å². The third kappa shape index (κ3) is 3.46. The Kier molecular flexibility index (Phi) is 5.03. The lowest BCUT2D eigenvalue weighted by Crippen LogP contribution is -2.29. The second kappa shape index (κ2) is 6.78. The number of anilines is 1. The van der Waals surface area contributed by atoms with E-state index < -0.39 is 0 Å². The van der Waals surface area contributed by atoms with E-state index in [0.717, 1.165) is 36.1 Å². The maximum atomic E-state index is 9.45. The van der Waals surface area contributed by atoms with Crippen molar-refractivity contribution in [3.63, 3.8) is 0 Å². The summed E-state index contributed by atoms with van der Waals surface area (Å²) in [4.78, 5) is 6.65. The average molecular weight is 302 g/mol. The van der Waals surface area contributed by atoms with E-state index in [-0.39, 0.29) is 0 Å². The fraction of sp³-hybridized carbons (Fsp3) is 0.412. The van der Waals surface area contributed by atoms with Gasteiger partial charge in [0, 0.05) is 29.7 Å². The van der Waals surface area contributed by atoms with Crippen LogP contribution in [0, 0.1) is 17.2 Å². The maximum Gasteiger partial charge on any atom is 0.103 e. The minimum absolute atomic E-state index is 0.519.